The Labute approximate surface area is 286 Å². The number of likely N-dealkylation sites (N-methyl/N-ethyl adjacent to an activating group) is 1. The number of hydrogen-bond acceptors (Lipinski definition) is 7. The first kappa shape index (κ1) is 33.9. The molecule has 3 aromatic rings. The highest BCUT2D eigenvalue weighted by molar-refractivity contribution is 5.95. The minimum atomic E-state index is -1.01. The molecule has 0 radical (unpaired) electrons. The van der Waals surface area contributed by atoms with E-state index in [9.17, 15) is 24.4 Å². The topological polar surface area (TPSA) is 150 Å². The summed E-state index contributed by atoms with van der Waals surface area (Å²) in [6.07, 6.45) is 3.39. The molecule has 49 heavy (non-hydrogen) atoms. The molecule has 3 fully saturated rings. The zero-order chi connectivity index (χ0) is 34.9. The molecule has 3 heterocycles. The summed E-state index contributed by atoms with van der Waals surface area (Å²) in [5.41, 5.74) is 2.06. The van der Waals surface area contributed by atoms with Crippen LogP contribution in [0.3, 0.4) is 0 Å². The lowest BCUT2D eigenvalue weighted by Gasteiger charge is -2.50. The van der Waals surface area contributed by atoms with E-state index in [2.05, 4.69) is 35.6 Å². The third-order valence-corrected chi connectivity index (χ3v) is 10.3. The van der Waals surface area contributed by atoms with Gasteiger partial charge in [0.25, 0.3) is 5.91 Å². The second kappa shape index (κ2) is 13.5. The summed E-state index contributed by atoms with van der Waals surface area (Å²) < 4.78 is 7.73. The lowest BCUT2D eigenvalue weighted by molar-refractivity contribution is -0.152. The van der Waals surface area contributed by atoms with Crippen LogP contribution in [0.2, 0.25) is 0 Å². The van der Waals surface area contributed by atoms with Gasteiger partial charge in [0.2, 0.25) is 17.7 Å². The Morgan fingerprint density at radius 1 is 1.02 bits per heavy atom. The molecule has 2 unspecified atom stereocenters. The van der Waals surface area contributed by atoms with E-state index in [0.717, 1.165) is 17.5 Å². The van der Waals surface area contributed by atoms with Crippen molar-refractivity contribution in [2.45, 2.75) is 52.5 Å². The van der Waals surface area contributed by atoms with Crippen molar-refractivity contribution >= 4 is 23.6 Å². The quantitative estimate of drug-likeness (QED) is 0.320. The zero-order valence-electron chi connectivity index (χ0n) is 28.4. The van der Waals surface area contributed by atoms with Crippen molar-refractivity contribution in [3.05, 3.63) is 89.2 Å². The Morgan fingerprint density at radius 2 is 1.71 bits per heavy atom. The van der Waals surface area contributed by atoms with Gasteiger partial charge in [-0.1, -0.05) is 56.3 Å². The molecule has 2 N–H and O–H groups in total. The van der Waals surface area contributed by atoms with Crippen LogP contribution in [0.15, 0.2) is 67.0 Å². The maximum Gasteiger partial charge on any atom is 0.257 e. The third-order valence-electron chi connectivity index (χ3n) is 10.3. The highest BCUT2D eigenvalue weighted by Gasteiger charge is 2.62. The number of nitriles is 1. The predicted octanol–water partition coefficient (Wildman–Crippen LogP) is 2.59. The fourth-order valence-electron chi connectivity index (χ4n) is 7.16. The van der Waals surface area contributed by atoms with E-state index in [1.807, 2.05) is 41.3 Å². The number of rotatable bonds is 11. The molecule has 1 saturated carbocycles. The van der Waals surface area contributed by atoms with Gasteiger partial charge in [-0.05, 0) is 42.0 Å². The Hall–Kier alpha value is -5.02. The molecule has 6 rings (SSSR count). The van der Waals surface area contributed by atoms with Crippen LogP contribution in [-0.2, 0) is 32.3 Å². The largest absolute Gasteiger partial charge is 0.371 e. The second-order valence-electron chi connectivity index (χ2n) is 14.4. The standard InChI is InChI=1S/C37H43N7O5/c1-24(49-20-27-12-8-11-26(13-27)15-38)31(33(46)39-4)41-32(45)30-19-42(21-37(30)22-43(23-37)35(48)29-14-36(29,2)3)34(47)28-16-40-44(18-28)17-25-9-6-5-7-10-25/h5-13,16,18,24,29-31H,14,17,19-23H2,1-4H3,(H,39,46)(H,41,45)/t24-,29?,30?,31+/m1/s1. The smallest absolute Gasteiger partial charge is 0.257 e. The van der Waals surface area contributed by atoms with Gasteiger partial charge in [-0.15, -0.1) is 0 Å². The first-order valence-corrected chi connectivity index (χ1v) is 16.7. The van der Waals surface area contributed by atoms with Crippen molar-refractivity contribution in [3.8, 4) is 6.07 Å². The van der Waals surface area contributed by atoms with Crippen LogP contribution in [0.5, 0.6) is 0 Å². The molecular formula is C37H43N7O5. The van der Waals surface area contributed by atoms with Gasteiger partial charge in [0.05, 0.1) is 48.6 Å². The van der Waals surface area contributed by atoms with E-state index in [0.29, 0.717) is 37.3 Å². The van der Waals surface area contributed by atoms with Crippen molar-refractivity contribution in [3.63, 3.8) is 0 Å². The molecule has 4 amide bonds. The van der Waals surface area contributed by atoms with Crippen molar-refractivity contribution in [2.75, 3.05) is 33.2 Å². The van der Waals surface area contributed by atoms with E-state index >= 15 is 0 Å². The van der Waals surface area contributed by atoms with Crippen molar-refractivity contribution in [1.29, 1.82) is 5.26 Å². The summed E-state index contributed by atoms with van der Waals surface area (Å²) in [7, 11) is 1.49. The first-order valence-electron chi connectivity index (χ1n) is 16.7. The van der Waals surface area contributed by atoms with E-state index < -0.39 is 29.4 Å². The monoisotopic (exact) mass is 665 g/mol. The molecule has 1 aliphatic carbocycles. The molecule has 12 nitrogen and oxygen atoms in total. The van der Waals surface area contributed by atoms with Crippen molar-refractivity contribution < 1.29 is 23.9 Å². The van der Waals surface area contributed by atoms with Crippen LogP contribution in [0.25, 0.3) is 0 Å². The maximum atomic E-state index is 14.1. The van der Waals surface area contributed by atoms with E-state index in [-0.39, 0.29) is 42.2 Å². The van der Waals surface area contributed by atoms with Gasteiger partial charge in [-0.25, -0.2) is 0 Å². The molecule has 12 heteroatoms. The van der Waals surface area contributed by atoms with E-state index in [4.69, 9.17) is 4.74 Å². The van der Waals surface area contributed by atoms with Crippen LogP contribution in [0.1, 0.15) is 54.2 Å². The minimum absolute atomic E-state index is 0.0268. The number of hydrogen-bond donors (Lipinski definition) is 2. The Balaban J connectivity index is 1.18. The highest BCUT2D eigenvalue weighted by Crippen LogP contribution is 2.54. The summed E-state index contributed by atoms with van der Waals surface area (Å²) in [6.45, 7) is 7.70. The lowest BCUT2D eigenvalue weighted by atomic mass is 9.70. The van der Waals surface area contributed by atoms with Crippen LogP contribution in [0.4, 0.5) is 0 Å². The van der Waals surface area contributed by atoms with Crippen LogP contribution >= 0.6 is 0 Å². The maximum absolute atomic E-state index is 14.1. The van der Waals surface area contributed by atoms with Crippen molar-refractivity contribution in [2.24, 2.45) is 22.7 Å². The zero-order valence-corrected chi connectivity index (χ0v) is 28.4. The Kier molecular flexibility index (Phi) is 9.31. The van der Waals surface area contributed by atoms with Crippen LogP contribution in [-0.4, -0.2) is 88.6 Å². The average Bonchev–Trinajstić information content (AvgIpc) is 3.39. The fourth-order valence-corrected chi connectivity index (χ4v) is 7.16. The fraction of sp³-hybridized carbons (Fsp3) is 0.459. The number of carbonyl (C=O) groups excluding carboxylic acids is 4. The summed E-state index contributed by atoms with van der Waals surface area (Å²) in [4.78, 5) is 57.8. The van der Waals surface area contributed by atoms with Gasteiger partial charge in [-0.3, -0.25) is 23.9 Å². The third kappa shape index (κ3) is 7.08. The Bertz CT molecular complexity index is 1770. The van der Waals surface area contributed by atoms with Gasteiger partial charge in [-0.2, -0.15) is 10.4 Å². The molecular weight excluding hydrogens is 622 g/mol. The summed E-state index contributed by atoms with van der Waals surface area (Å²) >= 11 is 0. The molecule has 2 saturated heterocycles. The number of amides is 4. The minimum Gasteiger partial charge on any atom is -0.371 e. The van der Waals surface area contributed by atoms with E-state index in [1.165, 1.54) is 7.05 Å². The summed E-state index contributed by atoms with van der Waals surface area (Å²) in [6, 6.07) is 17.9. The molecule has 3 aliphatic rings. The number of likely N-dealkylation sites (tertiary alicyclic amines) is 2. The molecule has 1 aromatic heterocycles. The van der Waals surface area contributed by atoms with Crippen LogP contribution in [0, 0.1) is 34.0 Å². The number of carbonyl (C=O) groups is 4. The molecule has 0 bridgehead atoms. The first-order chi connectivity index (χ1) is 23.4. The molecule has 2 aromatic carbocycles. The summed E-state index contributed by atoms with van der Waals surface area (Å²) in [5.74, 6) is -1.62. The molecule has 2 aliphatic heterocycles. The van der Waals surface area contributed by atoms with Gasteiger partial charge in [0, 0.05) is 50.8 Å². The summed E-state index contributed by atoms with van der Waals surface area (Å²) in [5, 5.41) is 19.2. The number of nitrogens with zero attached hydrogens (tertiary/aromatic N) is 5. The molecule has 4 atom stereocenters. The predicted molar refractivity (Wildman–Crippen MR) is 179 cm³/mol. The van der Waals surface area contributed by atoms with Gasteiger partial charge < -0.3 is 25.2 Å². The van der Waals surface area contributed by atoms with Gasteiger partial charge in [0.1, 0.15) is 6.04 Å². The lowest BCUT2D eigenvalue weighted by Crippen LogP contribution is -2.65. The average molecular weight is 666 g/mol. The molecule has 256 valence electrons. The molecule has 1 spiro atoms. The van der Waals surface area contributed by atoms with Gasteiger partial charge in [0.15, 0.2) is 0 Å². The van der Waals surface area contributed by atoms with E-state index in [1.54, 1.807) is 47.1 Å². The second-order valence-corrected chi connectivity index (χ2v) is 14.4. The SMILES string of the molecule is CNC(=O)[C@@H](NC(=O)C1CN(C(=O)c2cnn(Cc3ccccc3)c2)CC12CN(C(=O)C1CC1(C)C)C2)[C@@H](C)OCc1cccc(C#N)c1. The highest BCUT2D eigenvalue weighted by atomic mass is 16.5. The normalized spacial score (nSPS) is 21.3. The number of ether oxygens (including phenoxy) is 1. The van der Waals surface area contributed by atoms with Crippen molar-refractivity contribution in [1.82, 2.24) is 30.2 Å². The van der Waals surface area contributed by atoms with Gasteiger partial charge >= 0.3 is 0 Å². The van der Waals surface area contributed by atoms with Crippen LogP contribution < -0.4 is 10.6 Å². The number of aromatic nitrogens is 2. The number of benzene rings is 2. The Morgan fingerprint density at radius 3 is 2.39 bits per heavy atom. The number of nitrogens with one attached hydrogen (secondary N) is 2.